The van der Waals surface area contributed by atoms with Gasteiger partial charge >= 0.3 is 0 Å². The maximum Gasteiger partial charge on any atom is 0.140 e. The number of benzene rings is 1. The summed E-state index contributed by atoms with van der Waals surface area (Å²) in [5.74, 6) is 0.115. The van der Waals surface area contributed by atoms with E-state index >= 15 is 0 Å². The van der Waals surface area contributed by atoms with Gasteiger partial charge in [0.05, 0.1) is 11.8 Å². The van der Waals surface area contributed by atoms with Gasteiger partial charge in [-0.1, -0.05) is 0 Å². The molecule has 0 spiro atoms. The van der Waals surface area contributed by atoms with Crippen molar-refractivity contribution in [2.45, 2.75) is 0 Å². The standard InChI is InChI=1S/C11H6FNO/c12-10-4-3-8(6-9(10)7-13)11-2-1-5-14-11/h1-6H. The summed E-state index contributed by atoms with van der Waals surface area (Å²) < 4.78 is 18.1. The fraction of sp³-hybridized carbons (Fsp3) is 0. The Hall–Kier alpha value is -2.08. The van der Waals surface area contributed by atoms with E-state index in [4.69, 9.17) is 9.68 Å². The van der Waals surface area contributed by atoms with E-state index in [1.165, 1.54) is 18.4 Å². The second-order valence-electron chi connectivity index (χ2n) is 2.78. The highest BCUT2D eigenvalue weighted by Gasteiger charge is 2.05. The van der Waals surface area contributed by atoms with Crippen molar-refractivity contribution in [2.75, 3.05) is 0 Å². The Balaban J connectivity index is 2.53. The van der Waals surface area contributed by atoms with Crippen molar-refractivity contribution in [3.05, 3.63) is 48.0 Å². The maximum absolute atomic E-state index is 13.0. The Morgan fingerprint density at radius 2 is 2.14 bits per heavy atom. The highest BCUT2D eigenvalue weighted by atomic mass is 19.1. The molecular formula is C11H6FNO. The number of rotatable bonds is 1. The smallest absolute Gasteiger partial charge is 0.140 e. The molecule has 2 aromatic rings. The van der Waals surface area contributed by atoms with Crippen molar-refractivity contribution < 1.29 is 8.81 Å². The van der Waals surface area contributed by atoms with Gasteiger partial charge in [-0.15, -0.1) is 0 Å². The van der Waals surface area contributed by atoms with Crippen LogP contribution in [0.4, 0.5) is 4.39 Å². The predicted molar refractivity (Wildman–Crippen MR) is 48.8 cm³/mol. The molecular weight excluding hydrogens is 181 g/mol. The van der Waals surface area contributed by atoms with Gasteiger partial charge in [0.2, 0.25) is 0 Å². The minimum Gasteiger partial charge on any atom is -0.464 e. The normalized spacial score (nSPS) is 9.71. The zero-order valence-electron chi connectivity index (χ0n) is 7.20. The van der Waals surface area contributed by atoms with Crippen LogP contribution in [0, 0.1) is 17.1 Å². The Bertz CT molecular complexity index is 482. The molecule has 2 rings (SSSR count). The third kappa shape index (κ3) is 1.38. The van der Waals surface area contributed by atoms with Gasteiger partial charge in [-0.05, 0) is 30.3 Å². The molecule has 0 bridgehead atoms. The van der Waals surface area contributed by atoms with Crippen LogP contribution in [0.15, 0.2) is 41.0 Å². The molecule has 0 saturated carbocycles. The van der Waals surface area contributed by atoms with Crippen LogP contribution in [0.5, 0.6) is 0 Å². The Morgan fingerprint density at radius 1 is 1.29 bits per heavy atom. The van der Waals surface area contributed by atoms with Crippen molar-refractivity contribution in [2.24, 2.45) is 0 Å². The number of halogens is 1. The number of hydrogen-bond acceptors (Lipinski definition) is 2. The molecule has 0 N–H and O–H groups in total. The third-order valence-electron chi connectivity index (χ3n) is 1.89. The molecule has 1 aromatic heterocycles. The van der Waals surface area contributed by atoms with Crippen molar-refractivity contribution >= 4 is 0 Å². The number of hydrogen-bond donors (Lipinski definition) is 0. The van der Waals surface area contributed by atoms with Crippen LogP contribution < -0.4 is 0 Å². The first-order valence-corrected chi connectivity index (χ1v) is 4.05. The molecule has 14 heavy (non-hydrogen) atoms. The summed E-state index contributed by atoms with van der Waals surface area (Å²) >= 11 is 0. The monoisotopic (exact) mass is 187 g/mol. The first-order chi connectivity index (χ1) is 6.81. The summed E-state index contributed by atoms with van der Waals surface area (Å²) in [5.41, 5.74) is 0.729. The lowest BCUT2D eigenvalue weighted by Gasteiger charge is -1.97. The molecule has 0 aliphatic rings. The number of nitrogens with zero attached hydrogens (tertiary/aromatic N) is 1. The van der Waals surface area contributed by atoms with Crippen LogP contribution in [0.3, 0.4) is 0 Å². The average Bonchev–Trinajstić information content (AvgIpc) is 2.71. The van der Waals surface area contributed by atoms with Crippen LogP contribution in [-0.2, 0) is 0 Å². The molecule has 0 aliphatic heterocycles. The molecule has 68 valence electrons. The van der Waals surface area contributed by atoms with Crippen LogP contribution >= 0.6 is 0 Å². The van der Waals surface area contributed by atoms with Crippen molar-refractivity contribution in [3.63, 3.8) is 0 Å². The summed E-state index contributed by atoms with van der Waals surface area (Å²) in [4.78, 5) is 0. The average molecular weight is 187 g/mol. The molecule has 1 aromatic carbocycles. The molecule has 0 unspecified atom stereocenters. The minimum atomic E-state index is -0.511. The molecule has 1 heterocycles. The summed E-state index contributed by atoms with van der Waals surface area (Å²) in [6.07, 6.45) is 1.53. The highest BCUT2D eigenvalue weighted by molar-refractivity contribution is 5.59. The number of furan rings is 1. The Labute approximate surface area is 80.2 Å². The molecule has 0 fully saturated rings. The van der Waals surface area contributed by atoms with Gasteiger partial charge in [0.25, 0.3) is 0 Å². The van der Waals surface area contributed by atoms with E-state index in [1.807, 2.05) is 0 Å². The van der Waals surface area contributed by atoms with Crippen LogP contribution in [-0.4, -0.2) is 0 Å². The second-order valence-corrected chi connectivity index (χ2v) is 2.78. The van der Waals surface area contributed by atoms with Crippen molar-refractivity contribution in [1.82, 2.24) is 0 Å². The van der Waals surface area contributed by atoms with Gasteiger partial charge in [0, 0.05) is 5.56 Å². The lowest BCUT2D eigenvalue weighted by molar-refractivity contribution is 0.581. The first kappa shape index (κ1) is 8.52. The zero-order valence-corrected chi connectivity index (χ0v) is 7.20. The van der Waals surface area contributed by atoms with E-state index in [0.717, 1.165) is 0 Å². The van der Waals surface area contributed by atoms with Crippen LogP contribution in [0.25, 0.3) is 11.3 Å². The minimum absolute atomic E-state index is 0.0268. The number of nitriles is 1. The van der Waals surface area contributed by atoms with E-state index in [2.05, 4.69) is 0 Å². The van der Waals surface area contributed by atoms with Gasteiger partial charge in [-0.3, -0.25) is 0 Å². The summed E-state index contributed by atoms with van der Waals surface area (Å²) in [6.45, 7) is 0. The fourth-order valence-electron chi connectivity index (χ4n) is 1.21. The molecule has 0 radical (unpaired) electrons. The summed E-state index contributed by atoms with van der Waals surface area (Å²) in [6, 6.07) is 9.59. The SMILES string of the molecule is N#Cc1cc(-c2ccco2)ccc1F. The van der Waals surface area contributed by atoms with Gasteiger partial charge in [0.15, 0.2) is 0 Å². The lowest BCUT2D eigenvalue weighted by atomic mass is 10.1. The Kier molecular flexibility index (Phi) is 2.04. The summed E-state index contributed by atoms with van der Waals surface area (Å²) in [7, 11) is 0. The van der Waals surface area contributed by atoms with Gasteiger partial charge < -0.3 is 4.42 Å². The van der Waals surface area contributed by atoms with Gasteiger partial charge in [0.1, 0.15) is 17.6 Å². The predicted octanol–water partition coefficient (Wildman–Crippen LogP) is 2.96. The molecule has 3 heteroatoms. The van der Waals surface area contributed by atoms with Crippen molar-refractivity contribution in [1.29, 1.82) is 5.26 Å². The zero-order chi connectivity index (χ0) is 9.97. The molecule has 0 amide bonds. The first-order valence-electron chi connectivity index (χ1n) is 4.05. The van der Waals surface area contributed by atoms with E-state index in [-0.39, 0.29) is 5.56 Å². The van der Waals surface area contributed by atoms with E-state index in [9.17, 15) is 4.39 Å². The Morgan fingerprint density at radius 3 is 2.79 bits per heavy atom. The molecule has 0 atom stereocenters. The van der Waals surface area contributed by atoms with Crippen molar-refractivity contribution in [3.8, 4) is 17.4 Å². The second kappa shape index (κ2) is 3.35. The topological polar surface area (TPSA) is 36.9 Å². The molecule has 0 aliphatic carbocycles. The lowest BCUT2D eigenvalue weighted by Crippen LogP contribution is -1.84. The molecule has 2 nitrogen and oxygen atoms in total. The summed E-state index contributed by atoms with van der Waals surface area (Å²) in [5, 5.41) is 8.62. The van der Waals surface area contributed by atoms with Gasteiger partial charge in [-0.2, -0.15) is 5.26 Å². The van der Waals surface area contributed by atoms with Crippen LogP contribution in [0.1, 0.15) is 5.56 Å². The van der Waals surface area contributed by atoms with E-state index in [1.54, 1.807) is 24.3 Å². The van der Waals surface area contributed by atoms with Gasteiger partial charge in [-0.25, -0.2) is 4.39 Å². The third-order valence-corrected chi connectivity index (χ3v) is 1.89. The van der Waals surface area contributed by atoms with Crippen LogP contribution in [0.2, 0.25) is 0 Å². The van der Waals surface area contributed by atoms with E-state index < -0.39 is 5.82 Å². The largest absolute Gasteiger partial charge is 0.464 e. The quantitative estimate of drug-likeness (QED) is 0.688. The van der Waals surface area contributed by atoms with E-state index in [0.29, 0.717) is 11.3 Å². The molecule has 0 saturated heterocycles. The maximum atomic E-state index is 13.0. The fourth-order valence-corrected chi connectivity index (χ4v) is 1.21. The highest BCUT2D eigenvalue weighted by Crippen LogP contribution is 2.21.